The summed E-state index contributed by atoms with van der Waals surface area (Å²) in [6.45, 7) is 8.97. The first kappa shape index (κ1) is 22.3. The molecule has 2 aliphatic heterocycles. The van der Waals surface area contributed by atoms with Crippen LogP contribution < -0.4 is 9.80 Å². The van der Waals surface area contributed by atoms with Crippen LogP contribution in [0.2, 0.25) is 0 Å². The zero-order valence-corrected chi connectivity index (χ0v) is 20.7. The van der Waals surface area contributed by atoms with Crippen molar-refractivity contribution in [3.63, 3.8) is 0 Å². The van der Waals surface area contributed by atoms with E-state index in [9.17, 15) is 13.2 Å². The first-order valence-electron chi connectivity index (χ1n) is 10.5. The zero-order chi connectivity index (χ0) is 22.5. The van der Waals surface area contributed by atoms with Crippen molar-refractivity contribution in [1.29, 1.82) is 0 Å². The maximum atomic E-state index is 13.8. The Morgan fingerprint density at radius 3 is 2.48 bits per heavy atom. The maximum Gasteiger partial charge on any atom is 0.245 e. The van der Waals surface area contributed by atoms with E-state index in [1.165, 1.54) is 12.5 Å². The Morgan fingerprint density at radius 2 is 1.84 bits per heavy atom. The lowest BCUT2D eigenvalue weighted by Crippen LogP contribution is -2.53. The molecule has 0 saturated carbocycles. The molecule has 1 fully saturated rings. The molecule has 0 aliphatic carbocycles. The van der Waals surface area contributed by atoms with Crippen LogP contribution in [0, 0.1) is 6.92 Å². The molecule has 4 rings (SSSR count). The molecule has 6 nitrogen and oxygen atoms in total. The lowest BCUT2D eigenvalue weighted by Gasteiger charge is -2.41. The highest BCUT2D eigenvalue weighted by Gasteiger charge is 2.39. The van der Waals surface area contributed by atoms with Crippen molar-refractivity contribution in [2.45, 2.75) is 51.1 Å². The number of aryl methyl sites for hydroxylation is 1. The summed E-state index contributed by atoms with van der Waals surface area (Å²) < 4.78 is 29.8. The third-order valence-electron chi connectivity index (χ3n) is 6.20. The van der Waals surface area contributed by atoms with E-state index >= 15 is 0 Å². The van der Waals surface area contributed by atoms with Crippen molar-refractivity contribution >= 4 is 43.2 Å². The minimum atomic E-state index is -3.76. The van der Waals surface area contributed by atoms with Gasteiger partial charge in [0.25, 0.3) is 0 Å². The quantitative estimate of drug-likeness (QED) is 0.633. The minimum absolute atomic E-state index is 0.0355. The van der Waals surface area contributed by atoms with Crippen LogP contribution in [0.25, 0.3) is 0 Å². The van der Waals surface area contributed by atoms with Crippen LogP contribution in [0.4, 0.5) is 11.4 Å². The number of sulfonamides is 1. The third kappa shape index (κ3) is 4.01. The first-order chi connectivity index (χ1) is 14.6. The van der Waals surface area contributed by atoms with Crippen LogP contribution >= 0.6 is 15.9 Å². The summed E-state index contributed by atoms with van der Waals surface area (Å²) in [4.78, 5) is 16.4. The van der Waals surface area contributed by atoms with Crippen LogP contribution in [-0.2, 0) is 21.2 Å². The maximum absolute atomic E-state index is 13.8. The molecule has 2 atom stereocenters. The molecule has 166 valence electrons. The second kappa shape index (κ2) is 8.22. The summed E-state index contributed by atoms with van der Waals surface area (Å²) in [5.41, 5.74) is 3.73. The fourth-order valence-corrected chi connectivity index (χ4v) is 7.24. The van der Waals surface area contributed by atoms with Crippen molar-refractivity contribution in [2.75, 3.05) is 29.4 Å². The number of nitrogens with zero attached hydrogens (tertiary/aromatic N) is 3. The largest absolute Gasteiger partial charge is 0.366 e. The molecule has 31 heavy (non-hydrogen) atoms. The molecule has 2 aromatic carbocycles. The first-order valence-corrected chi connectivity index (χ1v) is 12.8. The Labute approximate surface area is 193 Å². The number of rotatable bonds is 3. The van der Waals surface area contributed by atoms with E-state index in [4.69, 9.17) is 0 Å². The Bertz CT molecular complexity index is 1130. The number of benzene rings is 2. The van der Waals surface area contributed by atoms with Gasteiger partial charge in [0.05, 0.1) is 5.69 Å². The van der Waals surface area contributed by atoms with Gasteiger partial charge in [-0.15, -0.1) is 0 Å². The molecular formula is C23H28BrN3O3S. The lowest BCUT2D eigenvalue weighted by atomic mass is 10.1. The van der Waals surface area contributed by atoms with Gasteiger partial charge in [0.2, 0.25) is 15.9 Å². The summed E-state index contributed by atoms with van der Waals surface area (Å²) in [6.07, 6.45) is 0.647. The highest BCUT2D eigenvalue weighted by Crippen LogP contribution is 2.41. The highest BCUT2D eigenvalue weighted by atomic mass is 79.9. The fourth-order valence-electron chi connectivity index (χ4n) is 4.82. The van der Waals surface area contributed by atoms with E-state index in [-0.39, 0.29) is 22.9 Å². The molecule has 8 heteroatoms. The Morgan fingerprint density at radius 1 is 1.10 bits per heavy atom. The van der Waals surface area contributed by atoms with Crippen LogP contribution in [0.15, 0.2) is 45.8 Å². The van der Waals surface area contributed by atoms with Crippen molar-refractivity contribution in [2.24, 2.45) is 0 Å². The molecule has 0 N–H and O–H groups in total. The molecule has 0 radical (unpaired) electrons. The van der Waals surface area contributed by atoms with E-state index in [2.05, 4.69) is 52.9 Å². The Kier molecular flexibility index (Phi) is 5.91. The van der Waals surface area contributed by atoms with Crippen LogP contribution in [0.3, 0.4) is 0 Å². The number of hydrogen-bond donors (Lipinski definition) is 0. The van der Waals surface area contributed by atoms with Gasteiger partial charge in [-0.05, 0) is 62.6 Å². The van der Waals surface area contributed by atoms with Gasteiger partial charge in [0, 0.05) is 48.8 Å². The molecule has 0 spiro atoms. The van der Waals surface area contributed by atoms with Gasteiger partial charge in [-0.1, -0.05) is 28.1 Å². The number of halogens is 1. The summed E-state index contributed by atoms with van der Waals surface area (Å²) in [5.74, 6) is -0.136. The van der Waals surface area contributed by atoms with Gasteiger partial charge in [0.15, 0.2) is 0 Å². The SMILES string of the molecule is CC(=O)N1c2c(cc(Br)cc2S(=O)(=O)N2CCN(c3cccc(C)c3)[C@H](C)C2)C[C@H]1C. The van der Waals surface area contributed by atoms with Crippen molar-refractivity contribution in [3.8, 4) is 0 Å². The summed E-state index contributed by atoms with van der Waals surface area (Å²) in [5, 5.41) is 0. The molecular weight excluding hydrogens is 478 g/mol. The standard InChI is InChI=1S/C23H28BrN3O3S/c1-15-6-5-7-21(10-15)26-9-8-25(14-17(26)3)31(29,30)22-13-20(24)12-19-11-16(2)27(18(4)28)23(19)22/h5-7,10,12-13,16-17H,8-9,11,14H2,1-4H3/t16-,17-/m1/s1. The van der Waals surface area contributed by atoms with Crippen LogP contribution in [0.1, 0.15) is 31.9 Å². The van der Waals surface area contributed by atoms with Gasteiger partial charge in [-0.25, -0.2) is 8.42 Å². The summed E-state index contributed by atoms with van der Waals surface area (Å²) in [7, 11) is -3.76. The topological polar surface area (TPSA) is 60.9 Å². The van der Waals surface area contributed by atoms with Crippen molar-refractivity contribution < 1.29 is 13.2 Å². The number of amides is 1. The molecule has 2 aliphatic rings. The highest BCUT2D eigenvalue weighted by molar-refractivity contribution is 9.10. The van der Waals surface area contributed by atoms with E-state index in [0.717, 1.165) is 11.3 Å². The van der Waals surface area contributed by atoms with Gasteiger partial charge in [-0.2, -0.15) is 4.31 Å². The van der Waals surface area contributed by atoms with E-state index in [0.29, 0.717) is 36.2 Å². The van der Waals surface area contributed by atoms with Gasteiger partial charge < -0.3 is 9.80 Å². The second-order valence-electron chi connectivity index (χ2n) is 8.60. The molecule has 0 aromatic heterocycles. The summed E-state index contributed by atoms with van der Waals surface area (Å²) in [6, 6.07) is 11.8. The third-order valence-corrected chi connectivity index (χ3v) is 8.53. The van der Waals surface area contributed by atoms with Gasteiger partial charge >= 0.3 is 0 Å². The average molecular weight is 506 g/mol. The van der Waals surface area contributed by atoms with E-state index in [1.807, 2.05) is 19.1 Å². The molecule has 0 unspecified atom stereocenters. The number of carbonyl (C=O) groups excluding carboxylic acids is 1. The number of anilines is 2. The Hall–Kier alpha value is -1.90. The van der Waals surface area contributed by atoms with Crippen molar-refractivity contribution in [1.82, 2.24) is 4.31 Å². The number of fused-ring (bicyclic) bond motifs is 1. The molecule has 1 saturated heterocycles. The second-order valence-corrected chi connectivity index (χ2v) is 11.4. The fraction of sp³-hybridized carbons (Fsp3) is 0.435. The lowest BCUT2D eigenvalue weighted by molar-refractivity contribution is -0.116. The van der Waals surface area contributed by atoms with Crippen molar-refractivity contribution in [3.05, 3.63) is 52.0 Å². The van der Waals surface area contributed by atoms with E-state index < -0.39 is 10.0 Å². The number of carbonyl (C=O) groups is 1. The molecule has 0 bridgehead atoms. The molecule has 2 aromatic rings. The predicted molar refractivity (Wildman–Crippen MR) is 127 cm³/mol. The van der Waals surface area contributed by atoms with Gasteiger partial charge in [0.1, 0.15) is 4.90 Å². The average Bonchev–Trinajstić information content (AvgIpc) is 3.02. The normalized spacial score (nSPS) is 22.0. The van der Waals surface area contributed by atoms with Gasteiger partial charge in [-0.3, -0.25) is 4.79 Å². The number of hydrogen-bond acceptors (Lipinski definition) is 4. The monoisotopic (exact) mass is 505 g/mol. The van der Waals surface area contributed by atoms with E-state index in [1.54, 1.807) is 15.3 Å². The number of piperazine rings is 1. The zero-order valence-electron chi connectivity index (χ0n) is 18.3. The van der Waals surface area contributed by atoms with Crippen LogP contribution in [0.5, 0.6) is 0 Å². The van der Waals surface area contributed by atoms with Crippen LogP contribution in [-0.4, -0.2) is 50.3 Å². The molecule has 1 amide bonds. The summed E-state index contributed by atoms with van der Waals surface area (Å²) >= 11 is 3.47. The minimum Gasteiger partial charge on any atom is -0.366 e. The Balaban J connectivity index is 1.67. The smallest absolute Gasteiger partial charge is 0.245 e. The molecule has 2 heterocycles. The predicted octanol–water partition coefficient (Wildman–Crippen LogP) is 3.95.